The van der Waals surface area contributed by atoms with Crippen LogP contribution in [0.5, 0.6) is 5.75 Å². The molecular formula is C17H28O. The van der Waals surface area contributed by atoms with E-state index in [1.54, 1.807) is 0 Å². The molecule has 0 heterocycles. The quantitative estimate of drug-likeness (QED) is 0.523. The van der Waals surface area contributed by atoms with Crippen LogP contribution in [0, 0.1) is 6.92 Å². The predicted octanol–water partition coefficient (Wildman–Crippen LogP) is 5.51. The first-order valence-corrected chi connectivity index (χ1v) is 7.49. The van der Waals surface area contributed by atoms with Crippen LogP contribution < -0.4 is 4.74 Å². The molecule has 0 spiro atoms. The molecule has 1 nitrogen and oxygen atoms in total. The summed E-state index contributed by atoms with van der Waals surface area (Å²) < 4.78 is 6.09. The van der Waals surface area contributed by atoms with Crippen LogP contribution in [0.3, 0.4) is 0 Å². The summed E-state index contributed by atoms with van der Waals surface area (Å²) in [5, 5.41) is 0. The molecule has 0 amide bonds. The Morgan fingerprint density at radius 3 is 2.22 bits per heavy atom. The highest BCUT2D eigenvalue weighted by atomic mass is 16.5. The maximum Gasteiger partial charge on any atom is 0.119 e. The molecule has 0 radical (unpaired) electrons. The number of rotatable bonds is 9. The van der Waals surface area contributed by atoms with E-state index in [-0.39, 0.29) is 0 Å². The number of unbranched alkanes of at least 4 members (excludes halogenated alkanes) is 3. The summed E-state index contributed by atoms with van der Waals surface area (Å²) in [5.74, 6) is 1.02. The molecule has 0 saturated carbocycles. The smallest absolute Gasteiger partial charge is 0.119 e. The summed E-state index contributed by atoms with van der Waals surface area (Å²) in [5.41, 5.74) is 1.29. The summed E-state index contributed by atoms with van der Waals surface area (Å²) in [4.78, 5) is 0. The predicted molar refractivity (Wildman–Crippen MR) is 79.3 cm³/mol. The van der Waals surface area contributed by atoms with Gasteiger partial charge < -0.3 is 4.74 Å². The second-order valence-corrected chi connectivity index (χ2v) is 5.19. The van der Waals surface area contributed by atoms with Crippen molar-refractivity contribution < 1.29 is 4.74 Å². The van der Waals surface area contributed by atoms with Crippen LogP contribution in [0.2, 0.25) is 0 Å². The van der Waals surface area contributed by atoms with Gasteiger partial charge in [-0.3, -0.25) is 0 Å². The van der Waals surface area contributed by atoms with Crippen molar-refractivity contribution in [2.24, 2.45) is 0 Å². The van der Waals surface area contributed by atoms with Crippen molar-refractivity contribution in [2.45, 2.75) is 71.8 Å². The normalized spacial score (nSPS) is 12.4. The largest absolute Gasteiger partial charge is 0.490 e. The third-order valence-corrected chi connectivity index (χ3v) is 3.31. The third-order valence-electron chi connectivity index (χ3n) is 3.31. The van der Waals surface area contributed by atoms with Crippen LogP contribution in [0.4, 0.5) is 0 Å². The fraction of sp³-hybridized carbons (Fsp3) is 0.647. The average Bonchev–Trinajstić information content (AvgIpc) is 2.37. The number of ether oxygens (including phenoxy) is 1. The van der Waals surface area contributed by atoms with Gasteiger partial charge in [0.15, 0.2) is 0 Å². The molecule has 1 atom stereocenters. The number of benzene rings is 1. The number of aryl methyl sites for hydroxylation is 1. The van der Waals surface area contributed by atoms with Gasteiger partial charge in [-0.25, -0.2) is 0 Å². The van der Waals surface area contributed by atoms with Crippen molar-refractivity contribution >= 4 is 0 Å². The Kier molecular flexibility index (Phi) is 7.55. The van der Waals surface area contributed by atoms with E-state index in [0.717, 1.165) is 5.75 Å². The highest BCUT2D eigenvalue weighted by Gasteiger charge is 2.09. The molecule has 0 saturated heterocycles. The lowest BCUT2D eigenvalue weighted by Gasteiger charge is -2.18. The molecule has 0 fully saturated rings. The first-order valence-electron chi connectivity index (χ1n) is 7.49. The van der Waals surface area contributed by atoms with Crippen LogP contribution in [-0.2, 0) is 0 Å². The number of hydrogen-bond donors (Lipinski definition) is 0. The van der Waals surface area contributed by atoms with Crippen molar-refractivity contribution in [1.29, 1.82) is 0 Å². The Labute approximate surface area is 113 Å². The van der Waals surface area contributed by atoms with Crippen LogP contribution in [-0.4, -0.2) is 6.10 Å². The van der Waals surface area contributed by atoms with Crippen LogP contribution in [0.1, 0.15) is 64.4 Å². The third kappa shape index (κ3) is 6.09. The van der Waals surface area contributed by atoms with E-state index in [9.17, 15) is 0 Å². The van der Waals surface area contributed by atoms with Gasteiger partial charge in [-0.15, -0.1) is 0 Å². The summed E-state index contributed by atoms with van der Waals surface area (Å²) >= 11 is 0. The summed E-state index contributed by atoms with van der Waals surface area (Å²) in [7, 11) is 0. The van der Waals surface area contributed by atoms with E-state index in [1.807, 2.05) is 0 Å². The molecule has 0 aliphatic carbocycles. The van der Waals surface area contributed by atoms with E-state index in [1.165, 1.54) is 50.5 Å². The lowest BCUT2D eigenvalue weighted by atomic mass is 10.1. The van der Waals surface area contributed by atoms with Gasteiger partial charge in [-0.2, -0.15) is 0 Å². The van der Waals surface area contributed by atoms with Crippen LogP contribution in [0.15, 0.2) is 24.3 Å². The van der Waals surface area contributed by atoms with E-state index in [4.69, 9.17) is 4.74 Å². The van der Waals surface area contributed by atoms with Gasteiger partial charge in [0.05, 0.1) is 6.10 Å². The van der Waals surface area contributed by atoms with Crippen LogP contribution >= 0.6 is 0 Å². The average molecular weight is 248 g/mol. The zero-order chi connectivity index (χ0) is 13.2. The highest BCUT2D eigenvalue weighted by molar-refractivity contribution is 5.26. The van der Waals surface area contributed by atoms with E-state index in [0.29, 0.717) is 6.10 Å². The summed E-state index contributed by atoms with van der Waals surface area (Å²) in [6.45, 7) is 6.60. The topological polar surface area (TPSA) is 9.23 Å². The fourth-order valence-corrected chi connectivity index (χ4v) is 2.19. The second-order valence-electron chi connectivity index (χ2n) is 5.19. The molecule has 0 aliphatic heterocycles. The van der Waals surface area contributed by atoms with Gasteiger partial charge in [0.25, 0.3) is 0 Å². The molecule has 1 aromatic carbocycles. The molecule has 1 heteroatoms. The van der Waals surface area contributed by atoms with Crippen molar-refractivity contribution in [3.05, 3.63) is 29.8 Å². The molecule has 0 bridgehead atoms. The van der Waals surface area contributed by atoms with Crippen molar-refractivity contribution in [1.82, 2.24) is 0 Å². The maximum absolute atomic E-state index is 6.09. The highest BCUT2D eigenvalue weighted by Crippen LogP contribution is 2.19. The standard InChI is InChI=1S/C17H28O/c1-4-6-7-8-10-16(9-5-2)18-17-13-11-15(3)12-14-17/h11-14,16H,4-10H2,1-3H3. The van der Waals surface area contributed by atoms with Gasteiger partial charge in [-0.1, -0.05) is 57.2 Å². The molecule has 0 aromatic heterocycles. The Morgan fingerprint density at radius 1 is 0.889 bits per heavy atom. The van der Waals surface area contributed by atoms with Crippen molar-refractivity contribution in [3.63, 3.8) is 0 Å². The zero-order valence-corrected chi connectivity index (χ0v) is 12.2. The van der Waals surface area contributed by atoms with Crippen LogP contribution in [0.25, 0.3) is 0 Å². The van der Waals surface area contributed by atoms with Crippen molar-refractivity contribution in [2.75, 3.05) is 0 Å². The molecule has 1 aromatic rings. The Balaban J connectivity index is 2.38. The molecule has 102 valence electrons. The second kappa shape index (κ2) is 9.02. The minimum Gasteiger partial charge on any atom is -0.490 e. The molecule has 1 rings (SSSR count). The van der Waals surface area contributed by atoms with Gasteiger partial charge in [0.1, 0.15) is 5.75 Å². The first kappa shape index (κ1) is 15.1. The molecular weight excluding hydrogens is 220 g/mol. The van der Waals surface area contributed by atoms with Gasteiger partial charge in [0.2, 0.25) is 0 Å². The van der Waals surface area contributed by atoms with Crippen molar-refractivity contribution in [3.8, 4) is 5.75 Å². The van der Waals surface area contributed by atoms with E-state index >= 15 is 0 Å². The molecule has 1 unspecified atom stereocenters. The first-order chi connectivity index (χ1) is 8.76. The summed E-state index contributed by atoms with van der Waals surface area (Å²) in [6.07, 6.45) is 9.25. The lowest BCUT2D eigenvalue weighted by Crippen LogP contribution is -2.16. The fourth-order valence-electron chi connectivity index (χ4n) is 2.19. The number of hydrogen-bond acceptors (Lipinski definition) is 1. The Morgan fingerprint density at radius 2 is 1.61 bits per heavy atom. The zero-order valence-electron chi connectivity index (χ0n) is 12.2. The van der Waals surface area contributed by atoms with E-state index in [2.05, 4.69) is 45.0 Å². The Hall–Kier alpha value is -0.980. The minimum absolute atomic E-state index is 0.398. The van der Waals surface area contributed by atoms with Gasteiger partial charge in [-0.05, 0) is 38.3 Å². The van der Waals surface area contributed by atoms with Gasteiger partial charge in [0, 0.05) is 0 Å². The van der Waals surface area contributed by atoms with Gasteiger partial charge >= 0.3 is 0 Å². The molecule has 0 aliphatic rings. The monoisotopic (exact) mass is 248 g/mol. The lowest BCUT2D eigenvalue weighted by molar-refractivity contribution is 0.175. The maximum atomic E-state index is 6.09. The van der Waals surface area contributed by atoms with E-state index < -0.39 is 0 Å². The SMILES string of the molecule is CCCCCCC(CCC)Oc1ccc(C)cc1. The Bertz CT molecular complexity index is 302. The molecule has 0 N–H and O–H groups in total. The molecule has 18 heavy (non-hydrogen) atoms. The summed E-state index contributed by atoms with van der Waals surface area (Å²) in [6, 6.07) is 8.42. The minimum atomic E-state index is 0.398.